The molecule has 0 aliphatic heterocycles. The van der Waals surface area contributed by atoms with E-state index in [1.807, 2.05) is 0 Å². The van der Waals surface area contributed by atoms with Crippen LogP contribution in [0.15, 0.2) is 33.5 Å². The van der Waals surface area contributed by atoms with Gasteiger partial charge in [0, 0.05) is 0 Å². The van der Waals surface area contributed by atoms with E-state index in [1.165, 1.54) is 18.2 Å². The molecular weight excluding hydrogens is 346 g/mol. The summed E-state index contributed by atoms with van der Waals surface area (Å²) >= 11 is 3.03. The molecule has 8 heteroatoms. The number of esters is 2. The van der Waals surface area contributed by atoms with E-state index in [0.29, 0.717) is 0 Å². The Hall–Kier alpha value is -2.22. The zero-order valence-electron chi connectivity index (χ0n) is 11.1. The van der Waals surface area contributed by atoms with Crippen molar-refractivity contribution < 1.29 is 23.9 Å². The molecule has 0 bridgehead atoms. The average molecular weight is 358 g/mol. The van der Waals surface area contributed by atoms with Crippen LogP contribution < -0.4 is 10.7 Å². The van der Waals surface area contributed by atoms with Crippen molar-refractivity contribution in [2.45, 2.75) is 6.92 Å². The molecule has 0 saturated heterocycles. The molecular formula is C13H12BrNO6. The molecule has 21 heavy (non-hydrogen) atoms. The van der Waals surface area contributed by atoms with E-state index >= 15 is 0 Å². The molecule has 0 atom stereocenters. The van der Waals surface area contributed by atoms with Crippen LogP contribution in [-0.4, -0.2) is 31.1 Å². The lowest BCUT2D eigenvalue weighted by Crippen LogP contribution is -2.29. The van der Waals surface area contributed by atoms with Crippen LogP contribution in [0.5, 0.6) is 0 Å². The van der Waals surface area contributed by atoms with Crippen LogP contribution in [0.25, 0.3) is 0 Å². The Morgan fingerprint density at radius 2 is 1.86 bits per heavy atom. The van der Waals surface area contributed by atoms with Crippen molar-refractivity contribution in [3.8, 4) is 0 Å². The molecule has 0 aliphatic rings. The van der Waals surface area contributed by atoms with Gasteiger partial charge < -0.3 is 14.8 Å². The van der Waals surface area contributed by atoms with Crippen LogP contribution in [0, 0.1) is 0 Å². The van der Waals surface area contributed by atoms with Gasteiger partial charge in [-0.3, -0.25) is 9.59 Å². The minimum atomic E-state index is -1.29. The number of carbonyl (C=O) groups excluding carboxylic acids is 3. The molecule has 0 saturated carbocycles. The van der Waals surface area contributed by atoms with Gasteiger partial charge in [0.1, 0.15) is 0 Å². The molecule has 0 aliphatic carbocycles. The van der Waals surface area contributed by atoms with Crippen LogP contribution in [0.2, 0.25) is 0 Å². The summed E-state index contributed by atoms with van der Waals surface area (Å²) in [5, 5.41) is 2.12. The number of rotatable bonds is 4. The number of carbonyl (C=O) groups is 3. The minimum absolute atomic E-state index is 0.0926. The van der Waals surface area contributed by atoms with Gasteiger partial charge in [-0.2, -0.15) is 0 Å². The van der Waals surface area contributed by atoms with Gasteiger partial charge in [0.05, 0.1) is 16.8 Å². The molecule has 1 aromatic carbocycles. The Labute approximate surface area is 128 Å². The summed E-state index contributed by atoms with van der Waals surface area (Å²) in [5.74, 6) is -3.21. The zero-order chi connectivity index (χ0) is 15.8. The molecule has 0 aromatic heterocycles. The van der Waals surface area contributed by atoms with E-state index < -0.39 is 29.9 Å². The third kappa shape index (κ3) is 5.35. The van der Waals surface area contributed by atoms with E-state index in [-0.39, 0.29) is 16.8 Å². The molecule has 0 radical (unpaired) electrons. The monoisotopic (exact) mass is 357 g/mol. The summed E-state index contributed by atoms with van der Waals surface area (Å²) in [4.78, 5) is 45.7. The van der Waals surface area contributed by atoms with E-state index in [9.17, 15) is 19.2 Å². The first kappa shape index (κ1) is 16.8. The minimum Gasteiger partial charge on any atom is -0.463 e. The number of anilines is 1. The fourth-order valence-corrected chi connectivity index (χ4v) is 1.60. The standard InChI is InChI=1S/C13H12BrNO6/c1-2-20-10(16)7-21-13(19)12(18)15-9-6-4-3-5-8(14)11(9)17/h3-6H,2,7H2,1H3,(H,15,17,18). The summed E-state index contributed by atoms with van der Waals surface area (Å²) in [7, 11) is 0. The molecule has 0 spiro atoms. The summed E-state index contributed by atoms with van der Waals surface area (Å²) in [6.07, 6.45) is 0. The summed E-state index contributed by atoms with van der Waals surface area (Å²) in [6.45, 7) is 1.06. The predicted octanol–water partition coefficient (Wildman–Crippen LogP) is 0.854. The highest BCUT2D eigenvalue weighted by Crippen LogP contribution is 2.06. The lowest BCUT2D eigenvalue weighted by atomic mass is 10.4. The molecule has 7 nitrogen and oxygen atoms in total. The third-order valence-corrected chi connectivity index (χ3v) is 2.76. The van der Waals surface area contributed by atoms with Crippen molar-refractivity contribution >= 4 is 39.5 Å². The summed E-state index contributed by atoms with van der Waals surface area (Å²) < 4.78 is 9.20. The Bertz CT molecular complexity index is 616. The highest BCUT2D eigenvalue weighted by atomic mass is 79.9. The van der Waals surface area contributed by atoms with Crippen LogP contribution in [0.1, 0.15) is 6.92 Å². The quantitative estimate of drug-likeness (QED) is 0.633. The van der Waals surface area contributed by atoms with Gasteiger partial charge >= 0.3 is 17.8 Å². The topological polar surface area (TPSA) is 98.8 Å². The molecule has 1 aromatic rings. The molecule has 1 rings (SSSR count). The number of hydrogen-bond donors (Lipinski definition) is 1. The largest absolute Gasteiger partial charge is 0.463 e. The number of halogens is 1. The smallest absolute Gasteiger partial charge is 0.397 e. The summed E-state index contributed by atoms with van der Waals surface area (Å²) in [5.41, 5.74) is -0.587. The fourth-order valence-electron chi connectivity index (χ4n) is 1.24. The molecule has 1 N–H and O–H groups in total. The Kier molecular flexibility index (Phi) is 6.54. The van der Waals surface area contributed by atoms with Crippen LogP contribution >= 0.6 is 15.9 Å². The lowest BCUT2D eigenvalue weighted by Gasteiger charge is -2.04. The summed E-state index contributed by atoms with van der Waals surface area (Å²) in [6, 6.07) is 5.94. The highest BCUT2D eigenvalue weighted by Gasteiger charge is 2.18. The number of hydrogen-bond acceptors (Lipinski definition) is 6. The highest BCUT2D eigenvalue weighted by molar-refractivity contribution is 9.10. The molecule has 0 fully saturated rings. The second-order valence-corrected chi connectivity index (χ2v) is 4.50. The normalized spacial score (nSPS) is 9.62. The van der Waals surface area contributed by atoms with E-state index in [1.54, 1.807) is 13.0 Å². The van der Waals surface area contributed by atoms with Crippen molar-refractivity contribution in [1.82, 2.24) is 0 Å². The Balaban J connectivity index is 2.68. The van der Waals surface area contributed by atoms with Crippen molar-refractivity contribution in [3.63, 3.8) is 0 Å². The number of amides is 1. The maximum Gasteiger partial charge on any atom is 0.397 e. The fraction of sp³-hybridized carbons (Fsp3) is 0.231. The molecule has 0 unspecified atom stereocenters. The Morgan fingerprint density at radius 3 is 2.52 bits per heavy atom. The van der Waals surface area contributed by atoms with Crippen LogP contribution in [0.3, 0.4) is 0 Å². The number of ether oxygens (including phenoxy) is 2. The van der Waals surface area contributed by atoms with Crippen molar-refractivity contribution in [2.24, 2.45) is 0 Å². The second kappa shape index (κ2) is 8.15. The van der Waals surface area contributed by atoms with Gasteiger partial charge in [0.25, 0.3) is 0 Å². The van der Waals surface area contributed by atoms with Gasteiger partial charge in [-0.25, -0.2) is 9.59 Å². The van der Waals surface area contributed by atoms with Crippen LogP contribution in [-0.2, 0) is 23.9 Å². The van der Waals surface area contributed by atoms with E-state index in [4.69, 9.17) is 0 Å². The molecule has 0 heterocycles. The molecule has 112 valence electrons. The first-order valence-electron chi connectivity index (χ1n) is 5.88. The van der Waals surface area contributed by atoms with Gasteiger partial charge in [-0.15, -0.1) is 0 Å². The van der Waals surface area contributed by atoms with Gasteiger partial charge in [-0.05, 0) is 35.0 Å². The maximum absolute atomic E-state index is 11.8. The SMILES string of the molecule is CCOC(=O)COC(=O)C(=O)Nc1ccccc(Br)c1=O. The zero-order valence-corrected chi connectivity index (χ0v) is 12.6. The number of nitrogens with one attached hydrogen (secondary N) is 1. The van der Waals surface area contributed by atoms with Crippen LogP contribution in [0.4, 0.5) is 5.69 Å². The molecule has 1 amide bonds. The first-order chi connectivity index (χ1) is 9.95. The first-order valence-corrected chi connectivity index (χ1v) is 6.67. The van der Waals surface area contributed by atoms with E-state index in [0.717, 1.165) is 0 Å². The third-order valence-electron chi connectivity index (χ3n) is 2.14. The van der Waals surface area contributed by atoms with Crippen molar-refractivity contribution in [3.05, 3.63) is 39.0 Å². The lowest BCUT2D eigenvalue weighted by molar-refractivity contribution is -0.161. The van der Waals surface area contributed by atoms with E-state index in [2.05, 4.69) is 30.7 Å². The van der Waals surface area contributed by atoms with Crippen molar-refractivity contribution in [1.29, 1.82) is 0 Å². The second-order valence-electron chi connectivity index (χ2n) is 3.64. The Morgan fingerprint density at radius 1 is 1.19 bits per heavy atom. The van der Waals surface area contributed by atoms with Gasteiger partial charge in [0.2, 0.25) is 5.43 Å². The van der Waals surface area contributed by atoms with Crippen molar-refractivity contribution in [2.75, 3.05) is 18.5 Å². The maximum atomic E-state index is 11.8. The average Bonchev–Trinajstić information content (AvgIpc) is 2.60. The predicted molar refractivity (Wildman–Crippen MR) is 76.6 cm³/mol. The van der Waals surface area contributed by atoms with Gasteiger partial charge in [0.15, 0.2) is 6.61 Å². The van der Waals surface area contributed by atoms with Gasteiger partial charge in [-0.1, -0.05) is 12.1 Å².